The first-order valence-electron chi connectivity index (χ1n) is 5.92. The Morgan fingerprint density at radius 3 is 2.80 bits per heavy atom. The van der Waals surface area contributed by atoms with Gasteiger partial charge in [0, 0.05) is 17.2 Å². The zero-order valence-electron chi connectivity index (χ0n) is 10.9. The second-order valence-corrected chi connectivity index (χ2v) is 5.04. The van der Waals surface area contributed by atoms with E-state index in [1.807, 2.05) is 6.07 Å². The Labute approximate surface area is 125 Å². The van der Waals surface area contributed by atoms with Crippen molar-refractivity contribution in [3.8, 4) is 5.75 Å². The van der Waals surface area contributed by atoms with Gasteiger partial charge in [0.05, 0.1) is 12.8 Å². The van der Waals surface area contributed by atoms with Crippen LogP contribution in [0.5, 0.6) is 5.75 Å². The lowest BCUT2D eigenvalue weighted by atomic mass is 10.2. The second kappa shape index (κ2) is 6.38. The van der Waals surface area contributed by atoms with E-state index in [0.29, 0.717) is 23.7 Å². The summed E-state index contributed by atoms with van der Waals surface area (Å²) < 4.78 is 5.91. The molecule has 1 aromatic carbocycles. The summed E-state index contributed by atoms with van der Waals surface area (Å²) in [6.07, 6.45) is 1.58. The second-order valence-electron chi connectivity index (χ2n) is 4.12. The Hall–Kier alpha value is -2.08. The largest absolute Gasteiger partial charge is 0.495 e. The standard InChI is InChI=1S/C14H14BrN3O2/c1-20-13-5-2-9(6-11(13)16)7-18-14(19)12-4-3-10(15)8-17-12/h2-6,8H,7,16H2,1H3,(H,18,19). The summed E-state index contributed by atoms with van der Waals surface area (Å²) in [7, 11) is 1.56. The van der Waals surface area contributed by atoms with E-state index in [9.17, 15) is 4.79 Å². The van der Waals surface area contributed by atoms with Crippen molar-refractivity contribution in [2.24, 2.45) is 0 Å². The molecule has 0 radical (unpaired) electrons. The van der Waals surface area contributed by atoms with Crippen LogP contribution in [0.1, 0.15) is 16.1 Å². The summed E-state index contributed by atoms with van der Waals surface area (Å²) in [5.74, 6) is 0.390. The molecule has 0 saturated heterocycles. The number of rotatable bonds is 4. The smallest absolute Gasteiger partial charge is 0.270 e. The van der Waals surface area contributed by atoms with Gasteiger partial charge in [-0.3, -0.25) is 4.79 Å². The SMILES string of the molecule is COc1ccc(CNC(=O)c2ccc(Br)cn2)cc1N. The number of nitrogens with two attached hydrogens (primary N) is 1. The molecule has 0 fully saturated rings. The number of nitrogens with one attached hydrogen (secondary N) is 1. The Bertz CT molecular complexity index is 614. The molecular formula is C14H14BrN3O2. The number of carbonyl (C=O) groups is 1. The van der Waals surface area contributed by atoms with E-state index in [1.165, 1.54) is 0 Å². The lowest BCUT2D eigenvalue weighted by Gasteiger charge is -2.08. The van der Waals surface area contributed by atoms with Gasteiger partial charge in [-0.05, 0) is 45.8 Å². The number of pyridine rings is 1. The fourth-order valence-electron chi connectivity index (χ4n) is 1.68. The van der Waals surface area contributed by atoms with Gasteiger partial charge in [0.15, 0.2) is 0 Å². The Balaban J connectivity index is 1.99. The summed E-state index contributed by atoms with van der Waals surface area (Å²) in [5.41, 5.74) is 7.62. The van der Waals surface area contributed by atoms with Crippen LogP contribution in [-0.4, -0.2) is 18.0 Å². The van der Waals surface area contributed by atoms with E-state index in [4.69, 9.17) is 10.5 Å². The molecule has 0 saturated carbocycles. The minimum atomic E-state index is -0.230. The first kappa shape index (κ1) is 14.3. The first-order chi connectivity index (χ1) is 9.60. The molecule has 0 aliphatic rings. The van der Waals surface area contributed by atoms with Gasteiger partial charge in [0.2, 0.25) is 0 Å². The van der Waals surface area contributed by atoms with Gasteiger partial charge in [0.25, 0.3) is 5.91 Å². The van der Waals surface area contributed by atoms with Gasteiger partial charge >= 0.3 is 0 Å². The minimum absolute atomic E-state index is 0.230. The summed E-state index contributed by atoms with van der Waals surface area (Å²) in [6, 6.07) is 8.82. The van der Waals surface area contributed by atoms with E-state index in [0.717, 1.165) is 10.0 Å². The molecule has 1 aromatic heterocycles. The molecular weight excluding hydrogens is 322 g/mol. The summed E-state index contributed by atoms with van der Waals surface area (Å²) in [4.78, 5) is 15.9. The van der Waals surface area contributed by atoms with Crippen molar-refractivity contribution >= 4 is 27.5 Å². The minimum Gasteiger partial charge on any atom is -0.495 e. The van der Waals surface area contributed by atoms with Crippen LogP contribution in [0.3, 0.4) is 0 Å². The van der Waals surface area contributed by atoms with Crippen LogP contribution >= 0.6 is 15.9 Å². The maximum atomic E-state index is 11.9. The number of anilines is 1. The number of aromatic nitrogens is 1. The van der Waals surface area contributed by atoms with Crippen LogP contribution in [0.15, 0.2) is 41.0 Å². The van der Waals surface area contributed by atoms with Crippen molar-refractivity contribution in [1.82, 2.24) is 10.3 Å². The van der Waals surface area contributed by atoms with E-state index >= 15 is 0 Å². The molecule has 1 heterocycles. The highest BCUT2D eigenvalue weighted by atomic mass is 79.9. The number of nitrogen functional groups attached to an aromatic ring is 1. The van der Waals surface area contributed by atoms with Crippen molar-refractivity contribution in [3.63, 3.8) is 0 Å². The highest BCUT2D eigenvalue weighted by Crippen LogP contribution is 2.21. The monoisotopic (exact) mass is 335 g/mol. The third kappa shape index (κ3) is 3.48. The van der Waals surface area contributed by atoms with Crippen LogP contribution in [-0.2, 0) is 6.54 Å². The number of amides is 1. The number of methoxy groups -OCH3 is 1. The molecule has 6 heteroatoms. The lowest BCUT2D eigenvalue weighted by molar-refractivity contribution is 0.0946. The molecule has 0 aliphatic carbocycles. The number of ether oxygens (including phenoxy) is 1. The molecule has 104 valence electrons. The zero-order chi connectivity index (χ0) is 14.5. The number of halogens is 1. The average molecular weight is 336 g/mol. The van der Waals surface area contributed by atoms with Gasteiger partial charge < -0.3 is 15.8 Å². The van der Waals surface area contributed by atoms with E-state index in [1.54, 1.807) is 37.6 Å². The van der Waals surface area contributed by atoms with Gasteiger partial charge in [-0.2, -0.15) is 0 Å². The van der Waals surface area contributed by atoms with Crippen molar-refractivity contribution in [3.05, 3.63) is 52.3 Å². The fourth-order valence-corrected chi connectivity index (χ4v) is 1.91. The van der Waals surface area contributed by atoms with Crippen molar-refractivity contribution in [1.29, 1.82) is 0 Å². The molecule has 5 nitrogen and oxygen atoms in total. The lowest BCUT2D eigenvalue weighted by Crippen LogP contribution is -2.23. The summed E-state index contributed by atoms with van der Waals surface area (Å²) in [6.45, 7) is 0.380. The molecule has 1 amide bonds. The van der Waals surface area contributed by atoms with Crippen LogP contribution < -0.4 is 15.8 Å². The van der Waals surface area contributed by atoms with E-state index < -0.39 is 0 Å². The molecule has 0 bridgehead atoms. The quantitative estimate of drug-likeness (QED) is 0.841. The summed E-state index contributed by atoms with van der Waals surface area (Å²) >= 11 is 3.27. The predicted molar refractivity (Wildman–Crippen MR) is 80.5 cm³/mol. The number of hydrogen-bond acceptors (Lipinski definition) is 4. The third-order valence-corrected chi connectivity index (χ3v) is 3.18. The Morgan fingerprint density at radius 1 is 1.40 bits per heavy atom. The topological polar surface area (TPSA) is 77.2 Å². The van der Waals surface area contributed by atoms with Crippen LogP contribution in [0.4, 0.5) is 5.69 Å². The van der Waals surface area contributed by atoms with Crippen molar-refractivity contribution in [2.75, 3.05) is 12.8 Å². The normalized spacial score (nSPS) is 10.1. The average Bonchev–Trinajstić information content (AvgIpc) is 2.45. The molecule has 0 atom stereocenters. The molecule has 20 heavy (non-hydrogen) atoms. The number of hydrogen-bond donors (Lipinski definition) is 2. The highest BCUT2D eigenvalue weighted by molar-refractivity contribution is 9.10. The maximum Gasteiger partial charge on any atom is 0.270 e. The molecule has 3 N–H and O–H groups in total. The molecule has 2 aromatic rings. The molecule has 2 rings (SSSR count). The van der Waals surface area contributed by atoms with Crippen LogP contribution in [0.2, 0.25) is 0 Å². The van der Waals surface area contributed by atoms with Gasteiger partial charge in [0.1, 0.15) is 11.4 Å². The molecule has 0 spiro atoms. The number of benzene rings is 1. The number of nitrogens with zero attached hydrogens (tertiary/aromatic N) is 1. The van der Waals surface area contributed by atoms with Crippen LogP contribution in [0, 0.1) is 0 Å². The maximum absolute atomic E-state index is 11.9. The third-order valence-electron chi connectivity index (χ3n) is 2.71. The Kier molecular flexibility index (Phi) is 4.57. The van der Waals surface area contributed by atoms with Gasteiger partial charge in [-0.25, -0.2) is 4.98 Å². The van der Waals surface area contributed by atoms with Gasteiger partial charge in [-0.1, -0.05) is 6.07 Å². The summed E-state index contributed by atoms with van der Waals surface area (Å²) in [5, 5.41) is 2.79. The highest BCUT2D eigenvalue weighted by Gasteiger charge is 2.07. The zero-order valence-corrected chi connectivity index (χ0v) is 12.5. The first-order valence-corrected chi connectivity index (χ1v) is 6.71. The van der Waals surface area contributed by atoms with Crippen molar-refractivity contribution < 1.29 is 9.53 Å². The predicted octanol–water partition coefficient (Wildman–Crippen LogP) is 2.36. The molecule has 0 aliphatic heterocycles. The molecule has 0 unspecified atom stereocenters. The fraction of sp³-hybridized carbons (Fsp3) is 0.143. The van der Waals surface area contributed by atoms with E-state index in [-0.39, 0.29) is 5.91 Å². The van der Waals surface area contributed by atoms with E-state index in [2.05, 4.69) is 26.2 Å². The Morgan fingerprint density at radius 2 is 2.20 bits per heavy atom. The van der Waals surface area contributed by atoms with Gasteiger partial charge in [-0.15, -0.1) is 0 Å². The van der Waals surface area contributed by atoms with Crippen molar-refractivity contribution in [2.45, 2.75) is 6.54 Å². The van der Waals surface area contributed by atoms with Crippen LogP contribution in [0.25, 0.3) is 0 Å². The number of carbonyl (C=O) groups excluding carboxylic acids is 1.